The quantitative estimate of drug-likeness (QED) is 0.674. The van der Waals surface area contributed by atoms with Crippen LogP contribution in [0.4, 0.5) is 0 Å². The minimum atomic E-state index is -0.435. The Balaban J connectivity index is 1.69. The van der Waals surface area contributed by atoms with E-state index in [1.165, 1.54) is 4.68 Å². The van der Waals surface area contributed by atoms with E-state index in [-0.39, 0.29) is 6.61 Å². The van der Waals surface area contributed by atoms with Crippen molar-refractivity contribution in [1.29, 1.82) is 0 Å². The van der Waals surface area contributed by atoms with Gasteiger partial charge in [-0.1, -0.05) is 29.8 Å². The van der Waals surface area contributed by atoms with E-state index in [1.54, 1.807) is 36.8 Å². The van der Waals surface area contributed by atoms with Crippen LogP contribution in [0, 0.1) is 0 Å². The van der Waals surface area contributed by atoms with Crippen molar-refractivity contribution in [3.05, 3.63) is 77.2 Å². The van der Waals surface area contributed by atoms with Crippen molar-refractivity contribution in [3.63, 3.8) is 0 Å². The van der Waals surface area contributed by atoms with Crippen LogP contribution in [0.5, 0.6) is 0 Å². The molecule has 116 valence electrons. The molecule has 0 amide bonds. The predicted molar refractivity (Wildman–Crippen MR) is 86.8 cm³/mol. The number of esters is 1. The summed E-state index contributed by atoms with van der Waals surface area (Å²) in [4.78, 5) is 16.5. The molecule has 0 saturated carbocycles. The Morgan fingerprint density at radius 1 is 1.13 bits per heavy atom. The van der Waals surface area contributed by atoms with E-state index in [1.807, 2.05) is 24.3 Å². The number of aromatic nitrogens is 3. The van der Waals surface area contributed by atoms with Crippen LogP contribution in [0.25, 0.3) is 5.82 Å². The highest BCUT2D eigenvalue weighted by Crippen LogP contribution is 2.16. The number of nitrogens with zero attached hydrogens (tertiary/aromatic N) is 3. The minimum Gasteiger partial charge on any atom is -0.462 e. The molecule has 3 rings (SSSR count). The second-order valence-electron chi connectivity index (χ2n) is 4.80. The molecule has 0 spiro atoms. The van der Waals surface area contributed by atoms with Gasteiger partial charge < -0.3 is 4.74 Å². The van der Waals surface area contributed by atoms with Crippen LogP contribution in [0.3, 0.4) is 0 Å². The Bertz CT molecular complexity index is 803. The summed E-state index contributed by atoms with van der Waals surface area (Å²) in [6.07, 6.45) is 5.52. The van der Waals surface area contributed by atoms with Crippen LogP contribution < -0.4 is 0 Å². The smallest absolute Gasteiger partial charge is 0.342 e. The number of hydrogen-bond donors (Lipinski definition) is 0. The highest BCUT2D eigenvalue weighted by atomic mass is 35.5. The molecule has 0 bridgehead atoms. The molecule has 3 aromatic rings. The van der Waals surface area contributed by atoms with Gasteiger partial charge in [-0.3, -0.25) is 0 Å². The third-order valence-electron chi connectivity index (χ3n) is 3.29. The van der Waals surface area contributed by atoms with Gasteiger partial charge >= 0.3 is 5.97 Å². The van der Waals surface area contributed by atoms with E-state index < -0.39 is 5.97 Å². The Labute approximate surface area is 138 Å². The molecule has 0 aliphatic heterocycles. The first-order valence-corrected chi connectivity index (χ1v) is 7.49. The van der Waals surface area contributed by atoms with Gasteiger partial charge in [-0.2, -0.15) is 5.10 Å². The van der Waals surface area contributed by atoms with Crippen LogP contribution in [0.1, 0.15) is 15.9 Å². The van der Waals surface area contributed by atoms with Crippen LogP contribution >= 0.6 is 11.6 Å². The number of ether oxygens (including phenoxy) is 1. The first-order valence-electron chi connectivity index (χ1n) is 7.11. The summed E-state index contributed by atoms with van der Waals surface area (Å²) >= 11 is 6.09. The summed E-state index contributed by atoms with van der Waals surface area (Å²) in [6, 6.07) is 12.6. The van der Waals surface area contributed by atoms with Gasteiger partial charge in [0.25, 0.3) is 0 Å². The number of rotatable bonds is 5. The number of benzene rings is 1. The van der Waals surface area contributed by atoms with Gasteiger partial charge in [0, 0.05) is 30.0 Å². The first kappa shape index (κ1) is 15.2. The lowest BCUT2D eigenvalue weighted by atomic mass is 10.2. The molecule has 0 unspecified atom stereocenters. The van der Waals surface area contributed by atoms with Gasteiger partial charge in [0.2, 0.25) is 0 Å². The molecule has 2 aromatic heterocycles. The molecule has 23 heavy (non-hydrogen) atoms. The van der Waals surface area contributed by atoms with Crippen molar-refractivity contribution in [1.82, 2.24) is 14.8 Å². The van der Waals surface area contributed by atoms with Gasteiger partial charge in [0.15, 0.2) is 5.82 Å². The maximum absolute atomic E-state index is 12.3. The zero-order valence-corrected chi connectivity index (χ0v) is 13.0. The number of carbonyl (C=O) groups is 1. The zero-order chi connectivity index (χ0) is 16.1. The highest BCUT2D eigenvalue weighted by Gasteiger charge is 2.15. The summed E-state index contributed by atoms with van der Waals surface area (Å²) in [6.45, 7) is 0.246. The molecule has 0 saturated heterocycles. The molecular weight excluding hydrogens is 314 g/mol. The summed E-state index contributed by atoms with van der Waals surface area (Å²) in [7, 11) is 0. The lowest BCUT2D eigenvalue weighted by Gasteiger charge is -2.09. The Hall–Kier alpha value is -2.66. The molecule has 0 atom stereocenters. The topological polar surface area (TPSA) is 57.0 Å². The minimum absolute atomic E-state index is 0.246. The normalized spacial score (nSPS) is 10.5. The highest BCUT2D eigenvalue weighted by molar-refractivity contribution is 6.31. The zero-order valence-electron chi connectivity index (χ0n) is 12.2. The first-order chi connectivity index (χ1) is 11.3. The maximum atomic E-state index is 12.3. The molecule has 0 aliphatic rings. The molecule has 6 heteroatoms. The molecule has 0 aliphatic carbocycles. The summed E-state index contributed by atoms with van der Waals surface area (Å²) in [5.41, 5.74) is 1.32. The van der Waals surface area contributed by atoms with Gasteiger partial charge in [0.05, 0.1) is 6.61 Å². The lowest BCUT2D eigenvalue weighted by Crippen LogP contribution is -2.13. The van der Waals surface area contributed by atoms with E-state index in [0.717, 1.165) is 5.56 Å². The fourth-order valence-corrected chi connectivity index (χ4v) is 2.40. The van der Waals surface area contributed by atoms with Crippen LogP contribution in [0.15, 0.2) is 61.1 Å². The predicted octanol–water partition coefficient (Wildman–Crippen LogP) is 3.32. The number of hydrogen-bond acceptors (Lipinski definition) is 4. The van der Waals surface area contributed by atoms with Gasteiger partial charge in [-0.05, 0) is 29.8 Å². The van der Waals surface area contributed by atoms with Crippen molar-refractivity contribution in [2.24, 2.45) is 0 Å². The van der Waals surface area contributed by atoms with E-state index in [2.05, 4.69) is 10.1 Å². The lowest BCUT2D eigenvalue weighted by molar-refractivity contribution is 0.0508. The molecule has 5 nitrogen and oxygen atoms in total. The van der Waals surface area contributed by atoms with Gasteiger partial charge in [-0.25, -0.2) is 14.5 Å². The number of pyridine rings is 1. The fraction of sp³-hybridized carbons (Fsp3) is 0.118. The summed E-state index contributed by atoms with van der Waals surface area (Å²) < 4.78 is 6.88. The van der Waals surface area contributed by atoms with Crippen LogP contribution in [0.2, 0.25) is 5.02 Å². The standard InChI is InChI=1S/C17H14ClN3O2/c18-15-7-2-1-5-13(15)8-12-23-17(22)14-6-3-9-19-16(14)21-11-4-10-20-21/h1-7,9-11H,8,12H2. The van der Waals surface area contributed by atoms with E-state index in [4.69, 9.17) is 16.3 Å². The maximum Gasteiger partial charge on any atom is 0.342 e. The van der Waals surface area contributed by atoms with Crippen molar-refractivity contribution >= 4 is 17.6 Å². The molecular formula is C17H14ClN3O2. The number of halogens is 1. The van der Waals surface area contributed by atoms with Gasteiger partial charge in [-0.15, -0.1) is 0 Å². The second-order valence-corrected chi connectivity index (χ2v) is 5.21. The largest absolute Gasteiger partial charge is 0.462 e. The average Bonchev–Trinajstić information content (AvgIpc) is 3.11. The summed E-state index contributed by atoms with van der Waals surface area (Å²) in [5, 5.41) is 4.77. The monoisotopic (exact) mass is 327 g/mol. The van der Waals surface area contributed by atoms with Crippen LogP contribution in [-0.2, 0) is 11.2 Å². The van der Waals surface area contributed by atoms with E-state index in [9.17, 15) is 4.79 Å². The molecule has 0 N–H and O–H groups in total. The van der Waals surface area contributed by atoms with Gasteiger partial charge in [0.1, 0.15) is 5.56 Å². The van der Waals surface area contributed by atoms with Crippen LogP contribution in [-0.4, -0.2) is 27.3 Å². The number of carbonyl (C=O) groups excluding carboxylic acids is 1. The van der Waals surface area contributed by atoms with E-state index in [0.29, 0.717) is 22.8 Å². The third kappa shape index (κ3) is 3.57. The SMILES string of the molecule is O=C(OCCc1ccccc1Cl)c1cccnc1-n1cccn1. The molecule has 2 heterocycles. The molecule has 0 fully saturated rings. The van der Waals surface area contributed by atoms with Crippen molar-refractivity contribution in [2.45, 2.75) is 6.42 Å². The van der Waals surface area contributed by atoms with Crippen molar-refractivity contribution in [3.8, 4) is 5.82 Å². The third-order valence-corrected chi connectivity index (χ3v) is 3.66. The van der Waals surface area contributed by atoms with Crippen molar-refractivity contribution < 1.29 is 9.53 Å². The van der Waals surface area contributed by atoms with Crippen molar-refractivity contribution in [2.75, 3.05) is 6.61 Å². The molecule has 1 aromatic carbocycles. The Morgan fingerprint density at radius 3 is 2.78 bits per heavy atom. The Morgan fingerprint density at radius 2 is 2.00 bits per heavy atom. The second kappa shape index (κ2) is 7.07. The summed E-state index contributed by atoms with van der Waals surface area (Å²) in [5.74, 6) is 0.0101. The average molecular weight is 328 g/mol. The fourth-order valence-electron chi connectivity index (χ4n) is 2.17. The molecule has 0 radical (unpaired) electrons. The Kier molecular flexibility index (Phi) is 4.68. The van der Waals surface area contributed by atoms with E-state index >= 15 is 0 Å².